The summed E-state index contributed by atoms with van der Waals surface area (Å²) < 4.78 is 20.3. The summed E-state index contributed by atoms with van der Waals surface area (Å²) in [6.45, 7) is 36.5. The van der Waals surface area contributed by atoms with Crippen molar-refractivity contribution in [2.24, 2.45) is 0 Å². The summed E-state index contributed by atoms with van der Waals surface area (Å²) in [5.74, 6) is 3.20. The molecule has 8 heterocycles. The third kappa shape index (κ3) is 20.6. The first-order valence-electron chi connectivity index (χ1n) is 43.6. The van der Waals surface area contributed by atoms with Gasteiger partial charge in [0, 0.05) is 112 Å². The molecule has 123 heavy (non-hydrogen) atoms. The van der Waals surface area contributed by atoms with E-state index in [1.165, 1.54) is 44.1 Å². The predicted molar refractivity (Wildman–Crippen MR) is 499 cm³/mol. The number of para-hydroxylation sites is 2. The largest absolute Gasteiger partial charge is 0.495 e. The lowest BCUT2D eigenvalue weighted by Gasteiger charge is -2.25. The third-order valence-electron chi connectivity index (χ3n) is 24.4. The SMILES string of the molecule is Cc1c(C(=O)CN2CCCCC2)c2cc(Oc3ccccc3)ccc2n1-c1ccc(Cl)cc1.Cc1ccc2c(c1)c(C(=O)CN1CCCCC1)c(C)n2-c1ccc(Cl)cc1.[C-]#[N+]c1ccc(-n2c(C)c(C(=O)CN3CCCCC3)c3ccc(CCC(=O)CCC)cc32)cc1.[C-]#[N+]c1ccc(-n2c(C)c(C(=O)CN3CCCCC3)c3cccc(OC)c32)cc1. The van der Waals surface area contributed by atoms with Crippen molar-refractivity contribution in [2.45, 2.75) is 144 Å². The zero-order chi connectivity index (χ0) is 86.2. The van der Waals surface area contributed by atoms with E-state index in [9.17, 15) is 24.0 Å². The number of nitrogens with zero attached hydrogens (tertiary/aromatic N) is 10. The van der Waals surface area contributed by atoms with Gasteiger partial charge in [-0.1, -0.05) is 134 Å². The highest BCUT2D eigenvalue weighted by molar-refractivity contribution is 6.31. The molecule has 0 bridgehead atoms. The van der Waals surface area contributed by atoms with Gasteiger partial charge in [0.15, 0.2) is 34.5 Å². The van der Waals surface area contributed by atoms with Crippen molar-refractivity contribution in [3.63, 3.8) is 0 Å². The Kier molecular flexibility index (Phi) is 29.4. The maximum absolute atomic E-state index is 13.6. The Bertz CT molecular complexity index is 6040. The number of rotatable bonds is 24. The van der Waals surface area contributed by atoms with Crippen molar-refractivity contribution in [3.05, 3.63) is 289 Å². The quantitative estimate of drug-likeness (QED) is 0.0421. The maximum atomic E-state index is 13.6. The minimum Gasteiger partial charge on any atom is -0.495 e. The lowest BCUT2D eigenvalue weighted by atomic mass is 10.0. The molecular formula is C104H110Cl2N10O7. The molecular weight excluding hydrogens is 1570 g/mol. The number of piperidine rings is 4. The van der Waals surface area contributed by atoms with Crippen molar-refractivity contribution >= 4 is 107 Å². The lowest BCUT2D eigenvalue weighted by Crippen LogP contribution is -2.34. The Labute approximate surface area is 732 Å². The number of halogens is 2. The topological polar surface area (TPSA) is 145 Å². The molecule has 0 atom stereocenters. The summed E-state index contributed by atoms with van der Waals surface area (Å²) in [6.07, 6.45) is 17.1. The number of ether oxygens (including phenoxy) is 2. The van der Waals surface area contributed by atoms with Crippen LogP contribution in [0, 0.1) is 47.8 Å². The Hall–Kier alpha value is -11.5. The summed E-state index contributed by atoms with van der Waals surface area (Å²) in [4.78, 5) is 81.9. The van der Waals surface area contributed by atoms with Crippen LogP contribution in [-0.4, -0.2) is 152 Å². The van der Waals surface area contributed by atoms with Crippen LogP contribution in [0.1, 0.15) is 179 Å². The number of carbonyl (C=O) groups excluding carboxylic acids is 5. The monoisotopic (exact) mass is 1680 g/mol. The lowest BCUT2D eigenvalue weighted by molar-refractivity contribution is -0.119. The Morgan fingerprint density at radius 2 is 0.772 bits per heavy atom. The van der Waals surface area contributed by atoms with Gasteiger partial charge in [-0.2, -0.15) is 0 Å². The van der Waals surface area contributed by atoms with Gasteiger partial charge in [-0.15, -0.1) is 0 Å². The molecule has 632 valence electrons. The number of carbonyl (C=O) groups is 5. The van der Waals surface area contributed by atoms with Crippen LogP contribution in [0.15, 0.2) is 200 Å². The van der Waals surface area contributed by atoms with Crippen LogP contribution in [0.5, 0.6) is 17.2 Å². The number of hydrogen-bond donors (Lipinski definition) is 0. The maximum Gasteiger partial charge on any atom is 0.187 e. The Morgan fingerprint density at radius 1 is 0.374 bits per heavy atom. The van der Waals surface area contributed by atoms with Crippen molar-refractivity contribution in [2.75, 3.05) is 85.6 Å². The van der Waals surface area contributed by atoms with Gasteiger partial charge in [-0.3, -0.25) is 43.6 Å². The van der Waals surface area contributed by atoms with E-state index < -0.39 is 0 Å². The van der Waals surface area contributed by atoms with Crippen LogP contribution in [0.25, 0.3) is 76.1 Å². The number of hydrogen-bond acceptors (Lipinski definition) is 11. The zero-order valence-electron chi connectivity index (χ0n) is 71.9. The van der Waals surface area contributed by atoms with E-state index >= 15 is 0 Å². The number of likely N-dealkylation sites (tertiary alicyclic amines) is 4. The van der Waals surface area contributed by atoms with Crippen LogP contribution < -0.4 is 9.47 Å². The van der Waals surface area contributed by atoms with Crippen molar-refractivity contribution in [3.8, 4) is 40.0 Å². The van der Waals surface area contributed by atoms with Gasteiger partial charge in [-0.05, 0) is 284 Å². The van der Waals surface area contributed by atoms with Crippen molar-refractivity contribution in [1.82, 2.24) is 37.9 Å². The van der Waals surface area contributed by atoms with Crippen LogP contribution in [0.4, 0.5) is 11.4 Å². The van der Waals surface area contributed by atoms with E-state index in [0.29, 0.717) is 78.4 Å². The smallest absolute Gasteiger partial charge is 0.187 e. The molecule has 0 aliphatic carbocycles. The number of aromatic nitrogens is 4. The average Bonchev–Trinajstić information content (AvgIpc) is 1.61. The summed E-state index contributed by atoms with van der Waals surface area (Å²) in [6, 6.07) is 64.6. The summed E-state index contributed by atoms with van der Waals surface area (Å²) in [5, 5.41) is 5.23. The number of benzene rings is 9. The second-order valence-corrected chi connectivity index (χ2v) is 33.9. The first-order chi connectivity index (χ1) is 59.8. The number of methoxy groups -OCH3 is 1. The molecule has 4 aliphatic rings. The Morgan fingerprint density at radius 3 is 1.21 bits per heavy atom. The molecule has 13 aromatic rings. The van der Waals surface area contributed by atoms with E-state index in [1.54, 1.807) is 19.2 Å². The van der Waals surface area contributed by atoms with E-state index in [2.05, 4.69) is 90.9 Å². The highest BCUT2D eigenvalue weighted by Gasteiger charge is 2.30. The molecule has 4 aromatic heterocycles. The summed E-state index contributed by atoms with van der Waals surface area (Å²) in [5.41, 5.74) is 18.2. The fourth-order valence-corrected chi connectivity index (χ4v) is 18.6. The Balaban J connectivity index is 0.000000134. The van der Waals surface area contributed by atoms with Crippen LogP contribution >= 0.6 is 23.2 Å². The van der Waals surface area contributed by atoms with E-state index in [1.807, 2.05) is 186 Å². The minimum atomic E-state index is 0.152. The van der Waals surface area contributed by atoms with Crippen molar-refractivity contribution < 1.29 is 33.4 Å². The highest BCUT2D eigenvalue weighted by Crippen LogP contribution is 2.40. The number of fused-ring (bicyclic) bond motifs is 4. The second-order valence-electron chi connectivity index (χ2n) is 33.0. The van der Waals surface area contributed by atoms with Gasteiger partial charge >= 0.3 is 0 Å². The molecule has 4 saturated heterocycles. The molecule has 17 rings (SSSR count). The van der Waals surface area contributed by atoms with Crippen LogP contribution in [0.3, 0.4) is 0 Å². The summed E-state index contributed by atoms with van der Waals surface area (Å²) in [7, 11) is 1.65. The molecule has 0 amide bonds. The normalized spacial score (nSPS) is 14.7. The standard InChI is InChI=1S/C29H33N3O2.C28H27ClN2O2.C24H25N3O2.C23H25ClN2O/c1-4-8-25(33)15-9-22-10-16-26-27(19-22)32(24-13-11-23(30-3)12-14-24)21(2)29(26)28(34)20-31-17-6-5-7-18-31;1-20-28(27(32)19-30-16-6-3-7-17-30)25-18-24(33-23-8-4-2-5-9-23)14-15-26(25)31(20)22-12-10-21(29)11-13-22;1-17-23(21(28)16-26-14-5-4-6-15-26)20-8-7-9-22(29-3)24(20)27(17)19-12-10-18(25-2)11-13-19;1-16-6-11-21-20(14-16)23(22(27)15-25-12-4-3-5-13-25)17(2)26(21)19-9-7-18(24)8-10-19/h10-14,16,19H,4-9,15,17-18,20H2,1-2H3;2,4-5,8-15,18H,3,6-7,16-17,19H2,1H3;7-13H,4-6,14-16H2,1,3H3;6-11,14H,3-5,12-13,15H2,1-2H3. The van der Waals surface area contributed by atoms with E-state index in [-0.39, 0.29) is 23.1 Å². The first-order valence-corrected chi connectivity index (χ1v) is 44.4. The second kappa shape index (κ2) is 41.1. The summed E-state index contributed by atoms with van der Waals surface area (Å²) >= 11 is 12.2. The van der Waals surface area contributed by atoms with Gasteiger partial charge in [0.25, 0.3) is 0 Å². The molecule has 0 radical (unpaired) electrons. The molecule has 0 N–H and O–H groups in total. The molecule has 4 fully saturated rings. The third-order valence-corrected chi connectivity index (χ3v) is 24.9. The minimum absolute atomic E-state index is 0.152. The van der Waals surface area contributed by atoms with Gasteiger partial charge in [0.2, 0.25) is 0 Å². The van der Waals surface area contributed by atoms with Gasteiger partial charge in [-0.25, -0.2) is 9.69 Å². The van der Waals surface area contributed by atoms with Crippen LogP contribution in [0.2, 0.25) is 10.0 Å². The highest BCUT2D eigenvalue weighted by atomic mass is 35.5. The molecule has 9 aromatic carbocycles. The van der Waals surface area contributed by atoms with Gasteiger partial charge in [0.05, 0.1) is 68.5 Å². The van der Waals surface area contributed by atoms with Crippen molar-refractivity contribution in [1.29, 1.82) is 0 Å². The fraction of sp³-hybridized carbons (Fsp3) is 0.337. The number of ketones is 5. The molecule has 0 spiro atoms. The molecule has 17 nitrogen and oxygen atoms in total. The van der Waals surface area contributed by atoms with E-state index in [0.717, 1.165) is 226 Å². The zero-order valence-corrected chi connectivity index (χ0v) is 73.4. The first kappa shape index (κ1) is 87.8. The molecule has 4 aliphatic heterocycles. The fourth-order valence-electron chi connectivity index (χ4n) is 18.4. The molecule has 0 unspecified atom stereocenters. The van der Waals surface area contributed by atoms with E-state index in [4.69, 9.17) is 45.8 Å². The predicted octanol–water partition coefficient (Wildman–Crippen LogP) is 24.2. The van der Waals surface area contributed by atoms with Gasteiger partial charge in [0.1, 0.15) is 23.0 Å². The van der Waals surface area contributed by atoms with Crippen LogP contribution in [-0.2, 0) is 11.2 Å². The average molecular weight is 1680 g/mol. The van der Waals surface area contributed by atoms with Gasteiger partial charge < -0.3 is 27.7 Å². The molecule has 0 saturated carbocycles. The number of Topliss-reactive ketones (excluding diaryl/α,β-unsaturated/α-hetero) is 5. The number of aryl methyl sites for hydroxylation is 2. The molecule has 19 heteroatoms.